The van der Waals surface area contributed by atoms with Gasteiger partial charge in [-0.2, -0.15) is 5.26 Å². The smallest absolute Gasteiger partial charge is 0.263 e. The fraction of sp³-hybridized carbons (Fsp3) is 0.444. The van der Waals surface area contributed by atoms with Gasteiger partial charge in [0.25, 0.3) is 5.91 Å². The molecule has 146 valence electrons. The Bertz CT molecular complexity index is 848. The van der Waals surface area contributed by atoms with E-state index in [2.05, 4.69) is 5.32 Å². The Kier molecular flexibility index (Phi) is 7.66. The molecule has 1 aliphatic rings. The lowest BCUT2D eigenvalue weighted by atomic mass is 10.2. The number of nitrogens with zero attached hydrogens (tertiary/aromatic N) is 2. The molecule has 1 aliphatic heterocycles. The number of amides is 1. The van der Waals surface area contributed by atoms with Gasteiger partial charge in [-0.15, -0.1) is 0 Å². The number of carbonyl (C=O) groups excluding carboxylic acids is 1. The molecular formula is C18H22ClN3O4S. The first kappa shape index (κ1) is 21.2. The Morgan fingerprint density at radius 2 is 2.22 bits per heavy atom. The predicted molar refractivity (Wildman–Crippen MR) is 103 cm³/mol. The fourth-order valence-electron chi connectivity index (χ4n) is 2.80. The molecule has 1 aromatic rings. The molecule has 1 atom stereocenters. The molecule has 1 heterocycles. The van der Waals surface area contributed by atoms with E-state index in [9.17, 15) is 18.5 Å². The van der Waals surface area contributed by atoms with E-state index in [1.54, 1.807) is 29.2 Å². The van der Waals surface area contributed by atoms with Crippen LogP contribution in [0.25, 0.3) is 0 Å². The molecule has 27 heavy (non-hydrogen) atoms. The maximum atomic E-state index is 12.4. The van der Waals surface area contributed by atoms with Crippen LogP contribution in [-0.4, -0.2) is 57.0 Å². The van der Waals surface area contributed by atoms with Gasteiger partial charge in [-0.25, -0.2) is 8.42 Å². The molecule has 7 nitrogen and oxygen atoms in total. The maximum Gasteiger partial charge on any atom is 0.263 e. The topological polar surface area (TPSA) is 99.5 Å². The Hall–Kier alpha value is -2.08. The maximum absolute atomic E-state index is 12.4. The molecular weight excluding hydrogens is 390 g/mol. The molecule has 9 heteroatoms. The number of halogens is 1. The summed E-state index contributed by atoms with van der Waals surface area (Å²) in [6.07, 6.45) is 1.88. The number of methoxy groups -OCH3 is 1. The highest BCUT2D eigenvalue weighted by Gasteiger charge is 2.31. The number of ether oxygens (including phenoxy) is 1. The molecule has 1 saturated heterocycles. The zero-order valence-electron chi connectivity index (χ0n) is 15.0. The van der Waals surface area contributed by atoms with Crippen LogP contribution in [0.2, 0.25) is 5.02 Å². The van der Waals surface area contributed by atoms with E-state index in [1.807, 2.05) is 6.07 Å². The van der Waals surface area contributed by atoms with Crippen molar-refractivity contribution >= 4 is 27.3 Å². The van der Waals surface area contributed by atoms with Crippen LogP contribution in [-0.2, 0) is 25.9 Å². The van der Waals surface area contributed by atoms with Crippen molar-refractivity contribution in [2.45, 2.75) is 19.0 Å². The minimum atomic E-state index is -3.09. The molecule has 1 fully saturated rings. The summed E-state index contributed by atoms with van der Waals surface area (Å²) in [7, 11) is -1.55. The summed E-state index contributed by atoms with van der Waals surface area (Å²) in [6.45, 7) is 0.931. The minimum absolute atomic E-state index is 0.00711. The summed E-state index contributed by atoms with van der Waals surface area (Å²) in [5.74, 6) is -0.427. The van der Waals surface area contributed by atoms with Crippen molar-refractivity contribution in [3.63, 3.8) is 0 Å². The van der Waals surface area contributed by atoms with Crippen molar-refractivity contribution in [3.05, 3.63) is 46.6 Å². The lowest BCUT2D eigenvalue weighted by Crippen LogP contribution is -2.36. The number of carbonyl (C=O) groups is 1. The highest BCUT2D eigenvalue weighted by molar-refractivity contribution is 7.91. The van der Waals surface area contributed by atoms with Gasteiger partial charge in [-0.1, -0.05) is 29.8 Å². The first-order valence-electron chi connectivity index (χ1n) is 8.45. The number of hydrogen-bond donors (Lipinski definition) is 1. The van der Waals surface area contributed by atoms with Crippen LogP contribution in [0.1, 0.15) is 12.0 Å². The molecule has 0 saturated carbocycles. The molecule has 0 aliphatic carbocycles. The molecule has 0 aromatic heterocycles. The van der Waals surface area contributed by atoms with Gasteiger partial charge < -0.3 is 15.0 Å². The normalized spacial score (nSPS) is 18.7. The van der Waals surface area contributed by atoms with Crippen LogP contribution in [0.4, 0.5) is 0 Å². The van der Waals surface area contributed by atoms with Gasteiger partial charge in [-0.05, 0) is 18.1 Å². The van der Waals surface area contributed by atoms with Crippen LogP contribution >= 0.6 is 11.6 Å². The lowest BCUT2D eigenvalue weighted by molar-refractivity contribution is -0.117. The number of rotatable bonds is 8. The van der Waals surface area contributed by atoms with Gasteiger partial charge >= 0.3 is 0 Å². The first-order chi connectivity index (χ1) is 12.9. The number of nitrogens with one attached hydrogen (secondary N) is 1. The number of nitriles is 1. The molecule has 1 unspecified atom stereocenters. The lowest BCUT2D eigenvalue weighted by Gasteiger charge is -2.26. The average molecular weight is 412 g/mol. The second-order valence-electron chi connectivity index (χ2n) is 6.22. The SMILES string of the molecule is COCCN(/C=C(/C#N)C(=O)NCc1ccccc1Cl)C1CCS(=O)(=O)C1. The van der Waals surface area contributed by atoms with Crippen molar-refractivity contribution in [1.29, 1.82) is 5.26 Å². The Morgan fingerprint density at radius 3 is 2.81 bits per heavy atom. The number of hydrogen-bond acceptors (Lipinski definition) is 6. The van der Waals surface area contributed by atoms with E-state index >= 15 is 0 Å². The Labute approximate surface area is 164 Å². The average Bonchev–Trinajstić information content (AvgIpc) is 3.01. The van der Waals surface area contributed by atoms with E-state index in [-0.39, 0.29) is 29.7 Å². The van der Waals surface area contributed by atoms with E-state index in [4.69, 9.17) is 16.3 Å². The Balaban J connectivity index is 2.10. The van der Waals surface area contributed by atoms with Crippen LogP contribution in [0.3, 0.4) is 0 Å². The van der Waals surface area contributed by atoms with Crippen LogP contribution in [0.5, 0.6) is 0 Å². The van der Waals surface area contributed by atoms with E-state index in [0.717, 1.165) is 5.56 Å². The molecule has 1 N–H and O–H groups in total. The summed E-state index contributed by atoms with van der Waals surface area (Å²) in [4.78, 5) is 14.1. The molecule has 1 amide bonds. The van der Waals surface area contributed by atoms with Crippen LogP contribution in [0.15, 0.2) is 36.0 Å². The highest BCUT2D eigenvalue weighted by atomic mass is 35.5. The summed E-state index contributed by atoms with van der Waals surface area (Å²) in [5.41, 5.74) is 0.644. The third kappa shape index (κ3) is 6.24. The molecule has 0 bridgehead atoms. The molecule has 0 radical (unpaired) electrons. The van der Waals surface area contributed by atoms with Gasteiger partial charge in [0.05, 0.1) is 18.1 Å². The van der Waals surface area contributed by atoms with Crippen LogP contribution in [0, 0.1) is 11.3 Å². The second kappa shape index (κ2) is 9.74. The number of benzene rings is 1. The van der Waals surface area contributed by atoms with Gasteiger partial charge in [-0.3, -0.25) is 4.79 Å². The van der Waals surface area contributed by atoms with Crippen molar-refractivity contribution in [1.82, 2.24) is 10.2 Å². The van der Waals surface area contributed by atoms with Gasteiger partial charge in [0.1, 0.15) is 11.6 Å². The van der Waals surface area contributed by atoms with Crippen molar-refractivity contribution in [2.24, 2.45) is 0 Å². The molecule has 0 spiro atoms. The quantitative estimate of drug-likeness (QED) is 0.514. The van der Waals surface area contributed by atoms with Crippen LogP contribution < -0.4 is 5.32 Å². The van der Waals surface area contributed by atoms with Crippen molar-refractivity contribution in [3.8, 4) is 6.07 Å². The van der Waals surface area contributed by atoms with E-state index < -0.39 is 15.7 Å². The first-order valence-corrected chi connectivity index (χ1v) is 10.6. The van der Waals surface area contributed by atoms with Gasteiger partial charge in [0, 0.05) is 37.5 Å². The highest BCUT2D eigenvalue weighted by Crippen LogP contribution is 2.19. The predicted octanol–water partition coefficient (Wildman–Crippen LogP) is 1.50. The monoisotopic (exact) mass is 411 g/mol. The summed E-state index contributed by atoms with van der Waals surface area (Å²) >= 11 is 6.07. The van der Waals surface area contributed by atoms with Gasteiger partial charge in [0.15, 0.2) is 9.84 Å². The molecule has 1 aromatic carbocycles. The summed E-state index contributed by atoms with van der Waals surface area (Å²) in [6, 6.07) is 8.71. The zero-order chi connectivity index (χ0) is 19.9. The molecule has 2 rings (SSSR count). The van der Waals surface area contributed by atoms with Gasteiger partial charge in [0.2, 0.25) is 0 Å². The number of sulfone groups is 1. The fourth-order valence-corrected chi connectivity index (χ4v) is 4.75. The standard InChI is InChI=1S/C18H22ClN3O4S/c1-26-8-7-22(16-6-9-27(24,25)13-16)12-15(10-20)18(23)21-11-14-4-2-3-5-17(14)19/h2-5,12,16H,6-9,11,13H2,1H3,(H,21,23)/b15-12-. The third-order valence-corrected chi connectivity index (χ3v) is 6.41. The summed E-state index contributed by atoms with van der Waals surface area (Å²) in [5, 5.41) is 12.6. The Morgan fingerprint density at radius 1 is 1.48 bits per heavy atom. The zero-order valence-corrected chi connectivity index (χ0v) is 16.6. The van der Waals surface area contributed by atoms with Crippen molar-refractivity contribution < 1.29 is 17.9 Å². The van der Waals surface area contributed by atoms with E-state index in [1.165, 1.54) is 13.3 Å². The third-order valence-electron chi connectivity index (χ3n) is 4.29. The second-order valence-corrected chi connectivity index (χ2v) is 8.85. The largest absolute Gasteiger partial charge is 0.383 e. The van der Waals surface area contributed by atoms with E-state index in [0.29, 0.717) is 24.6 Å². The van der Waals surface area contributed by atoms with Crippen molar-refractivity contribution in [2.75, 3.05) is 31.8 Å². The minimum Gasteiger partial charge on any atom is -0.383 e. The summed E-state index contributed by atoms with van der Waals surface area (Å²) < 4.78 is 28.6.